The van der Waals surface area contributed by atoms with Crippen molar-refractivity contribution in [1.82, 2.24) is 4.72 Å². The van der Waals surface area contributed by atoms with E-state index in [9.17, 15) is 8.42 Å². The number of alkyl halides is 1. The maximum atomic E-state index is 12.3. The molecule has 1 saturated carbocycles. The smallest absolute Gasteiger partial charge is 0.240 e. The van der Waals surface area contributed by atoms with Crippen LogP contribution in [0, 0.1) is 0 Å². The van der Waals surface area contributed by atoms with Gasteiger partial charge in [0, 0.05) is 17.4 Å². The summed E-state index contributed by atoms with van der Waals surface area (Å²) in [5.41, 5.74) is 7.03. The molecule has 1 aromatic rings. The van der Waals surface area contributed by atoms with Crippen LogP contribution in [-0.2, 0) is 15.4 Å². The lowest BCUT2D eigenvalue weighted by atomic mass is 9.92. The summed E-state index contributed by atoms with van der Waals surface area (Å²) in [6.07, 6.45) is 3.82. The Balaban J connectivity index is 2.12. The Kier molecular flexibility index (Phi) is 5.00. The van der Waals surface area contributed by atoms with Crippen LogP contribution in [0.3, 0.4) is 0 Å². The fraction of sp³-hybridized carbons (Fsp3) is 0.538. The summed E-state index contributed by atoms with van der Waals surface area (Å²) in [7, 11) is -3.46. The van der Waals surface area contributed by atoms with E-state index in [1.165, 1.54) is 0 Å². The van der Waals surface area contributed by atoms with Crippen molar-refractivity contribution in [3.63, 3.8) is 0 Å². The van der Waals surface area contributed by atoms with Gasteiger partial charge in [-0.1, -0.05) is 40.9 Å². The first kappa shape index (κ1) is 15.0. The van der Waals surface area contributed by atoms with Gasteiger partial charge in [-0.3, -0.25) is 0 Å². The van der Waals surface area contributed by atoms with E-state index in [0.717, 1.165) is 31.2 Å². The maximum Gasteiger partial charge on any atom is 0.240 e. The Morgan fingerprint density at radius 2 is 1.84 bits per heavy atom. The molecule has 4 nitrogen and oxygen atoms in total. The third-order valence-electron chi connectivity index (χ3n) is 3.51. The van der Waals surface area contributed by atoms with Crippen LogP contribution in [0.15, 0.2) is 29.2 Å². The molecule has 0 heterocycles. The van der Waals surface area contributed by atoms with E-state index in [0.29, 0.717) is 10.2 Å². The number of rotatable bonds is 4. The first-order valence-corrected chi connectivity index (χ1v) is 9.06. The second kappa shape index (κ2) is 6.35. The minimum Gasteiger partial charge on any atom is -0.326 e. The Labute approximate surface area is 122 Å². The number of hydrogen-bond donors (Lipinski definition) is 2. The number of nitrogens with two attached hydrogens (primary N) is 1. The third-order valence-corrected chi connectivity index (χ3v) is 5.67. The molecular weight excluding hydrogens is 328 g/mol. The van der Waals surface area contributed by atoms with Crippen LogP contribution in [-0.4, -0.2) is 20.5 Å². The summed E-state index contributed by atoms with van der Waals surface area (Å²) >= 11 is 3.34. The number of benzene rings is 1. The first-order chi connectivity index (χ1) is 9.03. The van der Waals surface area contributed by atoms with Crippen molar-refractivity contribution in [2.24, 2.45) is 5.73 Å². The van der Waals surface area contributed by atoms with Gasteiger partial charge in [0.25, 0.3) is 0 Å². The molecule has 0 saturated heterocycles. The lowest BCUT2D eigenvalue weighted by Gasteiger charge is -2.29. The molecule has 0 amide bonds. The molecule has 1 fully saturated rings. The van der Waals surface area contributed by atoms with Crippen LogP contribution in [0.2, 0.25) is 0 Å². The second-order valence-corrected chi connectivity index (χ2v) is 7.23. The Hall–Kier alpha value is -0.430. The Morgan fingerprint density at radius 1 is 1.21 bits per heavy atom. The zero-order chi connectivity index (χ0) is 13.9. The van der Waals surface area contributed by atoms with Crippen LogP contribution < -0.4 is 10.5 Å². The molecule has 106 valence electrons. The van der Waals surface area contributed by atoms with E-state index < -0.39 is 10.0 Å². The highest BCUT2D eigenvalue weighted by molar-refractivity contribution is 9.08. The molecule has 1 aliphatic carbocycles. The predicted molar refractivity (Wildman–Crippen MR) is 79.6 cm³/mol. The monoisotopic (exact) mass is 346 g/mol. The van der Waals surface area contributed by atoms with Gasteiger partial charge < -0.3 is 5.73 Å². The van der Waals surface area contributed by atoms with Gasteiger partial charge >= 0.3 is 0 Å². The van der Waals surface area contributed by atoms with E-state index in [1.807, 2.05) is 12.1 Å². The quantitative estimate of drug-likeness (QED) is 0.820. The molecule has 2 rings (SSSR count). The van der Waals surface area contributed by atoms with Crippen molar-refractivity contribution in [3.8, 4) is 0 Å². The van der Waals surface area contributed by atoms with E-state index in [2.05, 4.69) is 20.7 Å². The van der Waals surface area contributed by atoms with E-state index in [-0.39, 0.29) is 12.1 Å². The number of halogens is 1. The van der Waals surface area contributed by atoms with Crippen molar-refractivity contribution < 1.29 is 8.42 Å². The SMILES string of the molecule is NC1CCCCC1NS(=O)(=O)c1ccc(CBr)cc1. The summed E-state index contributed by atoms with van der Waals surface area (Å²) in [4.78, 5) is 0.301. The summed E-state index contributed by atoms with van der Waals surface area (Å²) < 4.78 is 27.3. The normalized spacial score (nSPS) is 24.3. The second-order valence-electron chi connectivity index (χ2n) is 4.95. The van der Waals surface area contributed by atoms with Gasteiger partial charge in [0.2, 0.25) is 10.0 Å². The largest absolute Gasteiger partial charge is 0.326 e. The molecule has 0 aromatic heterocycles. The lowest BCUT2D eigenvalue weighted by Crippen LogP contribution is -2.49. The van der Waals surface area contributed by atoms with Crippen LogP contribution in [0.25, 0.3) is 0 Å². The molecule has 1 aliphatic rings. The van der Waals surface area contributed by atoms with E-state index >= 15 is 0 Å². The Bertz CT molecular complexity index is 516. The van der Waals surface area contributed by atoms with Crippen molar-refractivity contribution in [1.29, 1.82) is 0 Å². The minimum absolute atomic E-state index is 0.0784. The van der Waals surface area contributed by atoms with Gasteiger partial charge in [0.1, 0.15) is 0 Å². The Morgan fingerprint density at radius 3 is 2.42 bits per heavy atom. The zero-order valence-electron chi connectivity index (χ0n) is 10.7. The fourth-order valence-corrected chi connectivity index (χ4v) is 4.03. The highest BCUT2D eigenvalue weighted by Crippen LogP contribution is 2.20. The van der Waals surface area contributed by atoms with Crippen LogP contribution in [0.1, 0.15) is 31.2 Å². The van der Waals surface area contributed by atoms with Crippen LogP contribution in [0.5, 0.6) is 0 Å². The van der Waals surface area contributed by atoms with Crippen molar-refractivity contribution >= 4 is 26.0 Å². The summed E-state index contributed by atoms with van der Waals surface area (Å²) in [5, 5.41) is 0.717. The van der Waals surface area contributed by atoms with Crippen LogP contribution in [0.4, 0.5) is 0 Å². The molecule has 2 unspecified atom stereocenters. The maximum absolute atomic E-state index is 12.3. The molecule has 0 spiro atoms. The lowest BCUT2D eigenvalue weighted by molar-refractivity contribution is 0.361. The molecule has 6 heteroatoms. The molecular formula is C13H19BrN2O2S. The average Bonchev–Trinajstić information content (AvgIpc) is 2.41. The predicted octanol–water partition coefficient (Wildman–Crippen LogP) is 2.13. The number of hydrogen-bond acceptors (Lipinski definition) is 3. The number of nitrogens with one attached hydrogen (secondary N) is 1. The molecule has 0 aliphatic heterocycles. The van der Waals surface area contributed by atoms with E-state index in [4.69, 9.17) is 5.73 Å². The van der Waals surface area contributed by atoms with Gasteiger partial charge in [0.05, 0.1) is 4.90 Å². The highest BCUT2D eigenvalue weighted by Gasteiger charge is 2.26. The molecule has 19 heavy (non-hydrogen) atoms. The zero-order valence-corrected chi connectivity index (χ0v) is 13.1. The summed E-state index contributed by atoms with van der Waals surface area (Å²) in [5.74, 6) is 0. The van der Waals surface area contributed by atoms with Gasteiger partial charge in [-0.2, -0.15) is 0 Å². The standard InChI is InChI=1S/C13H19BrN2O2S/c14-9-10-5-7-11(8-6-10)19(17,18)16-13-4-2-1-3-12(13)15/h5-8,12-13,16H,1-4,9,15H2. The molecule has 1 aromatic carbocycles. The molecule has 0 radical (unpaired) electrons. The minimum atomic E-state index is -3.46. The molecule has 2 atom stereocenters. The fourth-order valence-electron chi connectivity index (χ4n) is 2.33. The molecule has 0 bridgehead atoms. The van der Waals surface area contributed by atoms with Crippen molar-refractivity contribution in [2.75, 3.05) is 0 Å². The van der Waals surface area contributed by atoms with E-state index in [1.54, 1.807) is 12.1 Å². The number of sulfonamides is 1. The highest BCUT2D eigenvalue weighted by atomic mass is 79.9. The molecule has 3 N–H and O–H groups in total. The third kappa shape index (κ3) is 3.78. The average molecular weight is 347 g/mol. The van der Waals surface area contributed by atoms with Gasteiger partial charge in [-0.25, -0.2) is 13.1 Å². The van der Waals surface area contributed by atoms with Gasteiger partial charge in [0.15, 0.2) is 0 Å². The first-order valence-electron chi connectivity index (χ1n) is 6.46. The van der Waals surface area contributed by atoms with Gasteiger partial charge in [-0.15, -0.1) is 0 Å². The van der Waals surface area contributed by atoms with Crippen molar-refractivity contribution in [3.05, 3.63) is 29.8 Å². The van der Waals surface area contributed by atoms with Gasteiger partial charge in [-0.05, 0) is 30.5 Å². The summed E-state index contributed by atoms with van der Waals surface area (Å²) in [6.45, 7) is 0. The summed E-state index contributed by atoms with van der Waals surface area (Å²) in [6, 6.07) is 6.66. The van der Waals surface area contributed by atoms with Crippen molar-refractivity contribution in [2.45, 2.75) is 48.0 Å². The topological polar surface area (TPSA) is 72.2 Å². The van der Waals surface area contributed by atoms with Crippen LogP contribution >= 0.6 is 15.9 Å².